The van der Waals surface area contributed by atoms with Crippen molar-refractivity contribution in [3.05, 3.63) is 11.6 Å². The highest BCUT2D eigenvalue weighted by Gasteiger charge is 2.13. The van der Waals surface area contributed by atoms with Crippen molar-refractivity contribution < 1.29 is 4.79 Å². The minimum Gasteiger partial charge on any atom is -0.302 e. The molecule has 1 aliphatic rings. The number of aldehydes is 1. The summed E-state index contributed by atoms with van der Waals surface area (Å²) in [4.78, 5) is 10.4. The van der Waals surface area contributed by atoms with E-state index in [9.17, 15) is 4.79 Å². The zero-order valence-corrected chi connectivity index (χ0v) is 6.42. The lowest BCUT2D eigenvalue weighted by Gasteiger charge is -2.12. The molecule has 1 atom stereocenters. The topological polar surface area (TPSA) is 40.9 Å². The Labute approximate surface area is 66.5 Å². The van der Waals surface area contributed by atoms with Gasteiger partial charge in [-0.05, 0) is 25.7 Å². The predicted octanol–water partition coefficient (Wildman–Crippen LogP) is 1.83. The van der Waals surface area contributed by atoms with E-state index in [4.69, 9.17) is 5.26 Å². The van der Waals surface area contributed by atoms with Crippen LogP contribution in [0.1, 0.15) is 25.7 Å². The maximum Gasteiger partial charge on any atom is 0.141 e. The third kappa shape index (κ3) is 1.91. The van der Waals surface area contributed by atoms with Crippen molar-refractivity contribution in [3.63, 3.8) is 0 Å². The van der Waals surface area contributed by atoms with Crippen LogP contribution in [0.5, 0.6) is 0 Å². The molecule has 2 heteroatoms. The van der Waals surface area contributed by atoms with E-state index in [1.54, 1.807) is 0 Å². The minimum absolute atomic E-state index is 0.477. The first-order valence-corrected chi connectivity index (χ1v) is 3.92. The Morgan fingerprint density at radius 3 is 2.91 bits per heavy atom. The molecule has 0 fully saturated rings. The third-order valence-electron chi connectivity index (χ3n) is 2.00. The highest BCUT2D eigenvalue weighted by molar-refractivity contribution is 5.63. The SMILES string of the molecule is N#CC(C=O)C1=CCCCC1. The van der Waals surface area contributed by atoms with Crippen LogP contribution in [0.4, 0.5) is 0 Å². The molecule has 0 spiro atoms. The van der Waals surface area contributed by atoms with Crippen molar-refractivity contribution in [2.75, 3.05) is 0 Å². The fourth-order valence-corrected chi connectivity index (χ4v) is 1.35. The van der Waals surface area contributed by atoms with Crippen LogP contribution in [-0.2, 0) is 4.79 Å². The van der Waals surface area contributed by atoms with Crippen molar-refractivity contribution in [2.24, 2.45) is 5.92 Å². The summed E-state index contributed by atoms with van der Waals surface area (Å²) >= 11 is 0. The lowest BCUT2D eigenvalue weighted by Crippen LogP contribution is -2.05. The Hall–Kier alpha value is -1.10. The second-order valence-electron chi connectivity index (χ2n) is 2.77. The zero-order valence-electron chi connectivity index (χ0n) is 6.42. The second kappa shape index (κ2) is 3.92. The van der Waals surface area contributed by atoms with Crippen LogP contribution < -0.4 is 0 Å². The summed E-state index contributed by atoms with van der Waals surface area (Å²) in [7, 11) is 0. The molecule has 0 aliphatic heterocycles. The van der Waals surface area contributed by atoms with E-state index < -0.39 is 5.92 Å². The first-order valence-electron chi connectivity index (χ1n) is 3.92. The molecule has 11 heavy (non-hydrogen) atoms. The first-order chi connectivity index (χ1) is 5.38. The molecule has 0 amide bonds. The maximum absolute atomic E-state index is 10.4. The smallest absolute Gasteiger partial charge is 0.141 e. The molecule has 0 saturated carbocycles. The van der Waals surface area contributed by atoms with E-state index in [-0.39, 0.29) is 0 Å². The average molecular weight is 149 g/mol. The fraction of sp³-hybridized carbons (Fsp3) is 0.556. The quantitative estimate of drug-likeness (QED) is 0.444. The average Bonchev–Trinajstić information content (AvgIpc) is 2.09. The van der Waals surface area contributed by atoms with Gasteiger partial charge in [-0.15, -0.1) is 0 Å². The number of carbonyl (C=O) groups is 1. The first kappa shape index (κ1) is 8.00. The molecule has 1 unspecified atom stereocenters. The summed E-state index contributed by atoms with van der Waals surface area (Å²) in [6.45, 7) is 0. The Morgan fingerprint density at radius 2 is 2.45 bits per heavy atom. The Balaban J connectivity index is 2.64. The highest BCUT2D eigenvalue weighted by atomic mass is 16.1. The van der Waals surface area contributed by atoms with Crippen LogP contribution in [0.3, 0.4) is 0 Å². The van der Waals surface area contributed by atoms with E-state index in [0.717, 1.165) is 31.1 Å². The van der Waals surface area contributed by atoms with Gasteiger partial charge >= 0.3 is 0 Å². The highest BCUT2D eigenvalue weighted by Crippen LogP contribution is 2.22. The molecular weight excluding hydrogens is 138 g/mol. The number of hydrogen-bond donors (Lipinski definition) is 0. The molecule has 0 aromatic heterocycles. The van der Waals surface area contributed by atoms with Crippen LogP contribution in [0.2, 0.25) is 0 Å². The van der Waals surface area contributed by atoms with Gasteiger partial charge in [0.1, 0.15) is 12.2 Å². The van der Waals surface area contributed by atoms with Crippen LogP contribution in [0.15, 0.2) is 11.6 Å². The summed E-state index contributed by atoms with van der Waals surface area (Å²) in [6, 6.07) is 1.99. The summed E-state index contributed by atoms with van der Waals surface area (Å²) in [5.41, 5.74) is 1.02. The summed E-state index contributed by atoms with van der Waals surface area (Å²) in [6.07, 6.45) is 7.04. The van der Waals surface area contributed by atoms with E-state index in [2.05, 4.69) is 0 Å². The molecular formula is C9H11NO. The summed E-state index contributed by atoms with van der Waals surface area (Å²) in [5.74, 6) is -0.477. The number of hydrogen-bond acceptors (Lipinski definition) is 2. The van der Waals surface area contributed by atoms with Crippen LogP contribution in [0, 0.1) is 17.2 Å². The van der Waals surface area contributed by atoms with Gasteiger partial charge in [-0.25, -0.2) is 0 Å². The number of carbonyl (C=O) groups excluding carboxylic acids is 1. The van der Waals surface area contributed by atoms with Gasteiger partial charge in [0.2, 0.25) is 0 Å². The molecule has 0 aromatic rings. The van der Waals surface area contributed by atoms with E-state index >= 15 is 0 Å². The van der Waals surface area contributed by atoms with Gasteiger partial charge in [-0.1, -0.05) is 11.6 Å². The van der Waals surface area contributed by atoms with Crippen LogP contribution in [0.25, 0.3) is 0 Å². The fourth-order valence-electron chi connectivity index (χ4n) is 1.35. The molecule has 58 valence electrons. The Morgan fingerprint density at radius 1 is 1.64 bits per heavy atom. The molecule has 0 heterocycles. The van der Waals surface area contributed by atoms with E-state index in [1.807, 2.05) is 12.1 Å². The van der Waals surface area contributed by atoms with Crippen LogP contribution in [-0.4, -0.2) is 6.29 Å². The van der Waals surface area contributed by atoms with Gasteiger partial charge in [0.05, 0.1) is 6.07 Å². The summed E-state index contributed by atoms with van der Waals surface area (Å²) < 4.78 is 0. The molecule has 1 rings (SSSR count). The van der Waals surface area contributed by atoms with Crippen molar-refractivity contribution >= 4 is 6.29 Å². The third-order valence-corrected chi connectivity index (χ3v) is 2.00. The molecule has 0 N–H and O–H groups in total. The molecule has 0 radical (unpaired) electrons. The van der Waals surface area contributed by atoms with Crippen molar-refractivity contribution in [1.29, 1.82) is 5.26 Å². The molecule has 0 aromatic carbocycles. The predicted molar refractivity (Wildman–Crippen MR) is 41.7 cm³/mol. The van der Waals surface area contributed by atoms with Gasteiger partial charge in [0.15, 0.2) is 0 Å². The number of allylic oxidation sites excluding steroid dienone is 2. The van der Waals surface area contributed by atoms with Gasteiger partial charge < -0.3 is 4.79 Å². The minimum atomic E-state index is -0.477. The standard InChI is InChI=1S/C9H11NO/c10-6-9(7-11)8-4-2-1-3-5-8/h4,7,9H,1-3,5H2. The Kier molecular flexibility index (Phi) is 2.85. The largest absolute Gasteiger partial charge is 0.302 e. The zero-order chi connectivity index (χ0) is 8.10. The van der Waals surface area contributed by atoms with Crippen molar-refractivity contribution in [2.45, 2.75) is 25.7 Å². The van der Waals surface area contributed by atoms with Gasteiger partial charge in [0.25, 0.3) is 0 Å². The number of rotatable bonds is 2. The lowest BCUT2D eigenvalue weighted by molar-refractivity contribution is -0.109. The monoisotopic (exact) mass is 149 g/mol. The van der Waals surface area contributed by atoms with Crippen molar-refractivity contribution in [3.8, 4) is 6.07 Å². The van der Waals surface area contributed by atoms with E-state index in [1.165, 1.54) is 6.42 Å². The number of nitrogens with zero attached hydrogens (tertiary/aromatic N) is 1. The molecule has 1 aliphatic carbocycles. The van der Waals surface area contributed by atoms with Crippen molar-refractivity contribution in [1.82, 2.24) is 0 Å². The second-order valence-corrected chi connectivity index (χ2v) is 2.77. The van der Waals surface area contributed by atoms with Crippen LogP contribution >= 0.6 is 0 Å². The maximum atomic E-state index is 10.4. The Bertz CT molecular complexity index is 212. The molecule has 0 bridgehead atoms. The van der Waals surface area contributed by atoms with Gasteiger partial charge in [0, 0.05) is 0 Å². The normalized spacial score (nSPS) is 19.7. The molecule has 2 nitrogen and oxygen atoms in total. The van der Waals surface area contributed by atoms with Gasteiger partial charge in [-0.3, -0.25) is 0 Å². The van der Waals surface area contributed by atoms with Gasteiger partial charge in [-0.2, -0.15) is 5.26 Å². The summed E-state index contributed by atoms with van der Waals surface area (Å²) in [5, 5.41) is 8.56. The lowest BCUT2D eigenvalue weighted by atomic mass is 9.91. The molecule has 0 saturated heterocycles. The van der Waals surface area contributed by atoms with E-state index in [0.29, 0.717) is 0 Å². The number of nitriles is 1.